The van der Waals surface area contributed by atoms with Crippen molar-refractivity contribution in [3.05, 3.63) is 34.9 Å². The zero-order chi connectivity index (χ0) is 11.9. The Morgan fingerprint density at radius 3 is 2.71 bits per heavy atom. The van der Waals surface area contributed by atoms with E-state index in [0.717, 1.165) is 23.5 Å². The second-order valence-corrected chi connectivity index (χ2v) is 6.01. The fraction of sp³-hybridized carbons (Fsp3) is 0.600. The van der Waals surface area contributed by atoms with Crippen LogP contribution in [-0.4, -0.2) is 12.6 Å². The minimum atomic E-state index is 0.329. The van der Waals surface area contributed by atoms with Gasteiger partial charge in [0.2, 0.25) is 0 Å². The molecule has 2 saturated carbocycles. The number of rotatable bonds is 5. The van der Waals surface area contributed by atoms with Gasteiger partial charge in [0.25, 0.3) is 0 Å². The fourth-order valence-corrected chi connectivity index (χ4v) is 3.36. The van der Waals surface area contributed by atoms with Crippen LogP contribution in [0.2, 0.25) is 5.02 Å². The maximum Gasteiger partial charge on any atom is 0.0444 e. The molecular formula is C15H20ClN. The monoisotopic (exact) mass is 249 g/mol. The Bertz CT molecular complexity index is 413. The van der Waals surface area contributed by atoms with E-state index in [1.807, 2.05) is 12.1 Å². The van der Waals surface area contributed by atoms with Gasteiger partial charge in [-0.05, 0) is 36.8 Å². The Kier molecular flexibility index (Phi) is 2.92. The van der Waals surface area contributed by atoms with Crippen LogP contribution < -0.4 is 5.32 Å². The number of benzene rings is 1. The minimum Gasteiger partial charge on any atom is -0.313 e. The molecule has 2 atom stereocenters. The van der Waals surface area contributed by atoms with Crippen LogP contribution in [0.15, 0.2) is 24.3 Å². The van der Waals surface area contributed by atoms with Crippen LogP contribution in [0.5, 0.6) is 0 Å². The molecule has 0 spiro atoms. The van der Waals surface area contributed by atoms with Crippen LogP contribution in [0.25, 0.3) is 0 Å². The zero-order valence-electron chi connectivity index (χ0n) is 10.4. The van der Waals surface area contributed by atoms with Gasteiger partial charge in [0.15, 0.2) is 0 Å². The van der Waals surface area contributed by atoms with E-state index in [2.05, 4.69) is 24.4 Å². The van der Waals surface area contributed by atoms with Crippen LogP contribution >= 0.6 is 11.6 Å². The molecule has 1 aromatic rings. The summed E-state index contributed by atoms with van der Waals surface area (Å²) in [6.45, 7) is 3.40. The molecule has 0 amide bonds. The van der Waals surface area contributed by atoms with Gasteiger partial charge in [-0.25, -0.2) is 0 Å². The van der Waals surface area contributed by atoms with Crippen molar-refractivity contribution in [1.29, 1.82) is 0 Å². The molecule has 0 bridgehead atoms. The third-order valence-corrected chi connectivity index (χ3v) is 4.75. The van der Waals surface area contributed by atoms with Gasteiger partial charge in [-0.3, -0.25) is 0 Å². The van der Waals surface area contributed by atoms with Crippen molar-refractivity contribution < 1.29 is 0 Å². The van der Waals surface area contributed by atoms with E-state index >= 15 is 0 Å². The molecule has 2 aliphatic rings. The van der Waals surface area contributed by atoms with Gasteiger partial charge in [-0.2, -0.15) is 0 Å². The average molecular weight is 250 g/mol. The molecular weight excluding hydrogens is 230 g/mol. The summed E-state index contributed by atoms with van der Waals surface area (Å²) in [5, 5.41) is 4.64. The molecule has 2 heteroatoms. The summed E-state index contributed by atoms with van der Waals surface area (Å²) in [6.07, 6.45) is 5.27. The fourth-order valence-electron chi connectivity index (χ4n) is 3.04. The van der Waals surface area contributed by atoms with E-state index in [-0.39, 0.29) is 0 Å². The Hall–Kier alpha value is -0.530. The number of hydrogen-bond acceptors (Lipinski definition) is 1. The SMILES string of the molecule is CCC1CC1(CNC1CC1)c1ccccc1Cl. The summed E-state index contributed by atoms with van der Waals surface area (Å²) >= 11 is 6.37. The Labute approximate surface area is 109 Å². The molecule has 3 rings (SSSR count). The van der Waals surface area contributed by atoms with E-state index in [9.17, 15) is 0 Å². The highest BCUT2D eigenvalue weighted by atomic mass is 35.5. The summed E-state index contributed by atoms with van der Waals surface area (Å²) in [7, 11) is 0. The Balaban J connectivity index is 1.82. The highest BCUT2D eigenvalue weighted by Crippen LogP contribution is 2.57. The van der Waals surface area contributed by atoms with Gasteiger partial charge in [0.1, 0.15) is 0 Å². The van der Waals surface area contributed by atoms with E-state index in [0.29, 0.717) is 5.41 Å². The second kappa shape index (κ2) is 4.29. The first kappa shape index (κ1) is 11.6. The molecule has 0 radical (unpaired) electrons. The molecule has 17 heavy (non-hydrogen) atoms. The van der Waals surface area contributed by atoms with Gasteiger partial charge in [0, 0.05) is 23.0 Å². The molecule has 1 aromatic carbocycles. The summed E-state index contributed by atoms with van der Waals surface area (Å²) in [4.78, 5) is 0. The van der Waals surface area contributed by atoms with Crippen LogP contribution in [0.1, 0.15) is 38.2 Å². The first-order valence-corrected chi connectivity index (χ1v) is 7.12. The van der Waals surface area contributed by atoms with Crippen molar-refractivity contribution in [2.24, 2.45) is 5.92 Å². The molecule has 2 unspecified atom stereocenters. The molecule has 0 saturated heterocycles. The summed E-state index contributed by atoms with van der Waals surface area (Å²) in [5.41, 5.74) is 1.69. The predicted molar refractivity (Wildman–Crippen MR) is 72.6 cm³/mol. The number of hydrogen-bond donors (Lipinski definition) is 1. The standard InChI is InChI=1S/C15H20ClN/c1-2-11-9-15(11,10-17-12-7-8-12)13-5-3-4-6-14(13)16/h3-6,11-12,17H,2,7-10H2,1H3. The highest BCUT2D eigenvalue weighted by molar-refractivity contribution is 6.31. The molecule has 1 nitrogen and oxygen atoms in total. The third kappa shape index (κ3) is 2.11. The minimum absolute atomic E-state index is 0.329. The lowest BCUT2D eigenvalue weighted by molar-refractivity contribution is 0.522. The highest BCUT2D eigenvalue weighted by Gasteiger charge is 2.54. The lowest BCUT2D eigenvalue weighted by Gasteiger charge is -2.20. The van der Waals surface area contributed by atoms with Crippen LogP contribution in [0, 0.1) is 5.92 Å². The van der Waals surface area contributed by atoms with Gasteiger partial charge < -0.3 is 5.32 Å². The van der Waals surface area contributed by atoms with E-state index < -0.39 is 0 Å². The summed E-state index contributed by atoms with van der Waals surface area (Å²) < 4.78 is 0. The summed E-state index contributed by atoms with van der Waals surface area (Å²) in [6, 6.07) is 9.17. The van der Waals surface area contributed by atoms with Crippen LogP contribution in [-0.2, 0) is 5.41 Å². The maximum absolute atomic E-state index is 6.37. The van der Waals surface area contributed by atoms with Crippen LogP contribution in [0.4, 0.5) is 0 Å². The normalized spacial score (nSPS) is 31.5. The molecule has 0 aliphatic heterocycles. The van der Waals surface area contributed by atoms with E-state index in [1.165, 1.54) is 31.2 Å². The first-order valence-electron chi connectivity index (χ1n) is 6.74. The van der Waals surface area contributed by atoms with Crippen molar-refractivity contribution >= 4 is 11.6 Å². The predicted octanol–water partition coefficient (Wildman–Crippen LogP) is 3.76. The van der Waals surface area contributed by atoms with Crippen LogP contribution in [0.3, 0.4) is 0 Å². The number of halogens is 1. The van der Waals surface area contributed by atoms with Crippen molar-refractivity contribution in [3.8, 4) is 0 Å². The lowest BCUT2D eigenvalue weighted by Crippen LogP contribution is -2.30. The molecule has 1 N–H and O–H groups in total. The van der Waals surface area contributed by atoms with Gasteiger partial charge >= 0.3 is 0 Å². The van der Waals surface area contributed by atoms with E-state index in [1.54, 1.807) is 0 Å². The Morgan fingerprint density at radius 2 is 2.12 bits per heavy atom. The second-order valence-electron chi connectivity index (χ2n) is 5.60. The molecule has 2 fully saturated rings. The van der Waals surface area contributed by atoms with Gasteiger partial charge in [0.05, 0.1) is 0 Å². The Morgan fingerprint density at radius 1 is 1.35 bits per heavy atom. The smallest absolute Gasteiger partial charge is 0.0444 e. The van der Waals surface area contributed by atoms with E-state index in [4.69, 9.17) is 11.6 Å². The third-order valence-electron chi connectivity index (χ3n) is 4.42. The maximum atomic E-state index is 6.37. The average Bonchev–Trinajstić information content (AvgIpc) is 3.23. The quantitative estimate of drug-likeness (QED) is 0.838. The molecule has 0 heterocycles. The topological polar surface area (TPSA) is 12.0 Å². The van der Waals surface area contributed by atoms with Gasteiger partial charge in [-0.1, -0.05) is 43.1 Å². The first-order chi connectivity index (χ1) is 8.26. The summed E-state index contributed by atoms with van der Waals surface area (Å²) in [5.74, 6) is 0.814. The molecule has 0 aromatic heterocycles. The van der Waals surface area contributed by atoms with Crippen molar-refractivity contribution in [2.75, 3.05) is 6.54 Å². The van der Waals surface area contributed by atoms with Gasteiger partial charge in [-0.15, -0.1) is 0 Å². The van der Waals surface area contributed by atoms with Crippen molar-refractivity contribution in [2.45, 2.75) is 44.1 Å². The molecule has 2 aliphatic carbocycles. The largest absolute Gasteiger partial charge is 0.313 e. The molecule has 92 valence electrons. The number of nitrogens with one attached hydrogen (secondary N) is 1. The zero-order valence-corrected chi connectivity index (χ0v) is 11.1. The van der Waals surface area contributed by atoms with Crippen molar-refractivity contribution in [1.82, 2.24) is 5.32 Å². The lowest BCUT2D eigenvalue weighted by atomic mass is 9.92. The van der Waals surface area contributed by atoms with Crippen molar-refractivity contribution in [3.63, 3.8) is 0 Å².